The van der Waals surface area contributed by atoms with Crippen molar-refractivity contribution in [1.82, 2.24) is 24.2 Å². The Labute approximate surface area is 239 Å². The Hall–Kier alpha value is -3.40. The molecule has 4 rings (SSSR count). The number of nitriles is 1. The van der Waals surface area contributed by atoms with Crippen LogP contribution in [0.5, 0.6) is 0 Å². The number of carbonyl (C=O) groups excluding carboxylic acids is 1. The summed E-state index contributed by atoms with van der Waals surface area (Å²) in [4.78, 5) is 29.5. The zero-order chi connectivity index (χ0) is 29.5. The maximum atomic E-state index is 16.3. The Morgan fingerprint density at radius 2 is 2.00 bits per heavy atom. The summed E-state index contributed by atoms with van der Waals surface area (Å²) in [5.74, 6) is -0.178. The molecule has 1 aliphatic rings. The van der Waals surface area contributed by atoms with Crippen LogP contribution in [0.3, 0.4) is 0 Å². The molecule has 0 bridgehead atoms. The van der Waals surface area contributed by atoms with Crippen molar-refractivity contribution in [1.29, 1.82) is 5.26 Å². The van der Waals surface area contributed by atoms with Crippen LogP contribution in [0.2, 0.25) is 0 Å². The predicted molar refractivity (Wildman–Crippen MR) is 153 cm³/mol. The maximum Gasteiger partial charge on any atom is 0.259 e. The zero-order valence-corrected chi connectivity index (χ0v) is 24.3. The van der Waals surface area contributed by atoms with Crippen molar-refractivity contribution >= 4 is 38.1 Å². The Morgan fingerprint density at radius 3 is 2.66 bits per heavy atom. The number of ether oxygens (including phenoxy) is 1. The van der Waals surface area contributed by atoms with Crippen LogP contribution in [0, 0.1) is 11.3 Å². The van der Waals surface area contributed by atoms with Gasteiger partial charge in [0.05, 0.1) is 32.0 Å². The topological polar surface area (TPSA) is 140 Å². The quantitative estimate of drug-likeness (QED) is 0.172. The number of imidazole rings is 1. The van der Waals surface area contributed by atoms with E-state index in [1.54, 1.807) is 24.3 Å². The number of carbonyl (C=O) groups is 1. The van der Waals surface area contributed by atoms with Crippen molar-refractivity contribution in [3.05, 3.63) is 48.5 Å². The summed E-state index contributed by atoms with van der Waals surface area (Å²) in [5, 5.41) is 11.8. The first-order valence-electron chi connectivity index (χ1n) is 13.3. The Bertz CT molecular complexity index is 1360. The number of hydrogen-bond donors (Lipinski definition) is 1. The highest BCUT2D eigenvalue weighted by Gasteiger charge is 2.49. The molecule has 0 saturated carbocycles. The van der Waals surface area contributed by atoms with Crippen LogP contribution in [0.25, 0.3) is 11.2 Å². The summed E-state index contributed by atoms with van der Waals surface area (Å²) in [7, 11) is -1.74. The third kappa shape index (κ3) is 6.92. The fourth-order valence-corrected chi connectivity index (χ4v) is 6.38. The first kappa shape index (κ1) is 30.6. The number of rotatable bonds is 13. The molecule has 2 aromatic heterocycles. The highest BCUT2D eigenvalue weighted by molar-refractivity contribution is 7.44. The van der Waals surface area contributed by atoms with Gasteiger partial charge in [-0.2, -0.15) is 5.26 Å². The lowest BCUT2D eigenvalue weighted by molar-refractivity contribution is -0.0171. The minimum atomic E-state index is -1.74. The van der Waals surface area contributed by atoms with Crippen molar-refractivity contribution in [3.63, 3.8) is 0 Å². The number of anilines is 1. The van der Waals surface area contributed by atoms with Crippen LogP contribution in [0.1, 0.15) is 50.7 Å². The largest absolute Gasteiger partial charge is 0.347 e. The first-order valence-corrected chi connectivity index (χ1v) is 14.4. The molecule has 1 N–H and O–H groups in total. The smallest absolute Gasteiger partial charge is 0.259 e. The third-order valence-electron chi connectivity index (χ3n) is 6.35. The highest BCUT2D eigenvalue weighted by Crippen LogP contribution is 2.50. The van der Waals surface area contributed by atoms with E-state index < -0.39 is 33.1 Å². The van der Waals surface area contributed by atoms with E-state index in [4.69, 9.17) is 19.0 Å². The number of aromatic nitrogens is 4. The van der Waals surface area contributed by atoms with Gasteiger partial charge in [-0.05, 0) is 46.5 Å². The van der Waals surface area contributed by atoms with E-state index in [-0.39, 0.29) is 54.5 Å². The van der Waals surface area contributed by atoms with Gasteiger partial charge < -0.3 is 19.1 Å². The van der Waals surface area contributed by atoms with Crippen molar-refractivity contribution in [2.45, 2.75) is 70.8 Å². The molecule has 0 spiro atoms. The van der Waals surface area contributed by atoms with Crippen LogP contribution in [-0.2, 0) is 13.8 Å². The summed E-state index contributed by atoms with van der Waals surface area (Å²) in [6.45, 7) is 11.8. The van der Waals surface area contributed by atoms with Gasteiger partial charge in [-0.3, -0.25) is 14.4 Å². The average molecular weight is 585 g/mol. The predicted octanol–water partition coefficient (Wildman–Crippen LogP) is 4.68. The Kier molecular flexibility index (Phi) is 10.4. The molecule has 41 heavy (non-hydrogen) atoms. The van der Waals surface area contributed by atoms with E-state index in [0.717, 1.165) is 0 Å². The van der Waals surface area contributed by atoms with Gasteiger partial charge in [0, 0.05) is 17.6 Å². The highest BCUT2D eigenvalue weighted by atomic mass is 31.2. The van der Waals surface area contributed by atoms with E-state index in [1.165, 1.54) is 17.2 Å². The number of fused-ring (bicyclic) bond motifs is 1. The number of halogens is 1. The van der Waals surface area contributed by atoms with Gasteiger partial charge in [0.1, 0.15) is 18.5 Å². The monoisotopic (exact) mass is 584 g/mol. The van der Waals surface area contributed by atoms with E-state index in [9.17, 15) is 4.79 Å². The molecular weight excluding hydrogens is 550 g/mol. The van der Waals surface area contributed by atoms with Gasteiger partial charge in [-0.15, -0.1) is 0 Å². The maximum absolute atomic E-state index is 16.3. The van der Waals surface area contributed by atoms with Crippen LogP contribution in [0.4, 0.5) is 10.2 Å². The summed E-state index contributed by atoms with van der Waals surface area (Å²) in [5.41, 5.74) is 1.01. The summed E-state index contributed by atoms with van der Waals surface area (Å²) in [6, 6.07) is 10.8. The molecule has 218 valence electrons. The van der Waals surface area contributed by atoms with Gasteiger partial charge in [-0.1, -0.05) is 18.2 Å². The van der Waals surface area contributed by atoms with Gasteiger partial charge in [0.25, 0.3) is 14.4 Å². The lowest BCUT2D eigenvalue weighted by Crippen LogP contribution is -2.38. The van der Waals surface area contributed by atoms with E-state index in [0.29, 0.717) is 5.56 Å². The molecule has 3 heterocycles. The lowest BCUT2D eigenvalue weighted by atomic mass is 10.1. The van der Waals surface area contributed by atoms with Gasteiger partial charge >= 0.3 is 0 Å². The second-order valence-corrected chi connectivity index (χ2v) is 11.3. The number of alkyl halides is 1. The molecule has 5 atom stereocenters. The molecule has 3 aromatic rings. The van der Waals surface area contributed by atoms with Crippen molar-refractivity contribution < 1.29 is 23.0 Å². The molecule has 2 unspecified atom stereocenters. The molecular formula is C27H34FN8O4P. The van der Waals surface area contributed by atoms with Crippen LogP contribution in [-0.4, -0.2) is 80.4 Å². The number of amides is 1. The SMILES string of the molecule is C=NC[C@H]1OC(n2cnc3c(NC(=O)c4ccccc4)ncnc32)[C@H](F)[C@@H]1OP(OCCC#N)N(C(C)C)C(C)C. The van der Waals surface area contributed by atoms with Gasteiger partial charge in [-0.25, -0.2) is 24.0 Å². The minimum absolute atomic E-state index is 0.0363. The van der Waals surface area contributed by atoms with Crippen molar-refractivity contribution in [2.75, 3.05) is 18.5 Å². The summed E-state index contributed by atoms with van der Waals surface area (Å²) < 4.78 is 38.2. The third-order valence-corrected chi connectivity index (χ3v) is 8.48. The molecule has 1 saturated heterocycles. The fourth-order valence-electron chi connectivity index (χ4n) is 4.62. The van der Waals surface area contributed by atoms with Crippen LogP contribution < -0.4 is 5.32 Å². The molecule has 14 heteroatoms. The van der Waals surface area contributed by atoms with Gasteiger partial charge in [0.2, 0.25) is 0 Å². The van der Waals surface area contributed by atoms with E-state index >= 15 is 4.39 Å². The number of hydrogen-bond acceptors (Lipinski definition) is 10. The Morgan fingerprint density at radius 1 is 1.27 bits per heavy atom. The molecule has 0 radical (unpaired) electrons. The summed E-state index contributed by atoms with van der Waals surface area (Å²) in [6.07, 6.45) is -1.77. The first-order chi connectivity index (χ1) is 19.8. The lowest BCUT2D eigenvalue weighted by Gasteiger charge is -2.37. The summed E-state index contributed by atoms with van der Waals surface area (Å²) >= 11 is 0. The Balaban J connectivity index is 1.61. The van der Waals surface area contributed by atoms with Gasteiger partial charge in [0.15, 0.2) is 29.4 Å². The van der Waals surface area contributed by atoms with Crippen molar-refractivity contribution in [2.24, 2.45) is 4.99 Å². The molecule has 12 nitrogen and oxygen atoms in total. The number of benzene rings is 1. The zero-order valence-electron chi connectivity index (χ0n) is 23.4. The molecule has 0 aliphatic carbocycles. The van der Waals surface area contributed by atoms with Crippen molar-refractivity contribution in [3.8, 4) is 6.07 Å². The second kappa shape index (κ2) is 14.0. The molecule has 1 aliphatic heterocycles. The second-order valence-electron chi connectivity index (χ2n) is 9.90. The average Bonchev–Trinajstić information content (AvgIpc) is 3.50. The van der Waals surface area contributed by atoms with E-state index in [2.05, 4.69) is 38.0 Å². The number of nitrogens with one attached hydrogen (secondary N) is 1. The molecule has 1 fully saturated rings. The standard InChI is InChI=1S/C27H34FN8O4P/c1-17(2)36(18(3)4)41(38-13-9-12-29)40-23-20(14-30-5)39-27(21(23)28)35-16-33-22-24(31-15-32-25(22)35)34-26(37)19-10-7-6-8-11-19/h6-8,10-11,15-18,20-21,23,27H,5,9,13-14H2,1-4H3,(H,31,32,34,37)/t20-,21-,23-,27?,41?/m1/s1. The van der Waals surface area contributed by atoms with E-state index in [1.807, 2.05) is 38.4 Å². The molecule has 1 aromatic carbocycles. The van der Waals surface area contributed by atoms with Crippen LogP contribution >= 0.6 is 8.53 Å². The minimum Gasteiger partial charge on any atom is -0.347 e. The van der Waals surface area contributed by atoms with Crippen LogP contribution in [0.15, 0.2) is 48.0 Å². The number of aliphatic imine (C=N–C) groups is 1. The normalized spacial score (nSPS) is 21.4. The number of nitrogens with zero attached hydrogens (tertiary/aromatic N) is 7. The fraction of sp³-hybridized carbons (Fsp3) is 0.481. The molecule has 1 amide bonds.